The fraction of sp³-hybridized carbons (Fsp3) is 0.727. The van der Waals surface area contributed by atoms with Gasteiger partial charge in [0.1, 0.15) is 0 Å². The summed E-state index contributed by atoms with van der Waals surface area (Å²) < 4.78 is 5.09. The van der Waals surface area contributed by atoms with Gasteiger partial charge in [-0.05, 0) is 19.4 Å². The van der Waals surface area contributed by atoms with Crippen LogP contribution in [0.25, 0.3) is 0 Å². The lowest BCUT2D eigenvalue weighted by Crippen LogP contribution is -2.23. The van der Waals surface area contributed by atoms with Crippen LogP contribution in [0.3, 0.4) is 0 Å². The molecule has 6 heteroatoms. The van der Waals surface area contributed by atoms with Crippen molar-refractivity contribution in [3.63, 3.8) is 0 Å². The van der Waals surface area contributed by atoms with Gasteiger partial charge < -0.3 is 9.63 Å². The van der Waals surface area contributed by atoms with Gasteiger partial charge in [0.2, 0.25) is 5.89 Å². The maximum atomic E-state index is 10.8. The minimum absolute atomic E-state index is 0.253. The number of carboxylic acids is 1. The first-order valence-electron chi connectivity index (χ1n) is 5.95. The minimum atomic E-state index is -0.715. The van der Waals surface area contributed by atoms with Gasteiger partial charge in [0.15, 0.2) is 5.82 Å². The second-order valence-corrected chi connectivity index (χ2v) is 4.41. The molecule has 1 saturated heterocycles. The number of nitrogens with zero attached hydrogens (tertiary/aromatic N) is 3. The maximum absolute atomic E-state index is 10.8. The molecule has 2 heterocycles. The first-order valence-corrected chi connectivity index (χ1v) is 5.95. The first-order chi connectivity index (χ1) is 8.19. The van der Waals surface area contributed by atoms with Crippen molar-refractivity contribution in [1.29, 1.82) is 0 Å². The molecule has 94 valence electrons. The smallest absolute Gasteiger partial charge is 0.307 e. The summed E-state index contributed by atoms with van der Waals surface area (Å²) in [4.78, 5) is 17.1. The molecule has 0 amide bonds. The molecule has 0 bridgehead atoms. The fourth-order valence-electron chi connectivity index (χ4n) is 2.05. The van der Waals surface area contributed by atoms with E-state index in [2.05, 4.69) is 22.0 Å². The van der Waals surface area contributed by atoms with E-state index in [4.69, 9.17) is 9.63 Å². The molecule has 0 radical (unpaired) electrons. The van der Waals surface area contributed by atoms with Crippen LogP contribution in [-0.2, 0) is 17.8 Å². The van der Waals surface area contributed by atoms with Gasteiger partial charge in [-0.2, -0.15) is 4.98 Å². The van der Waals surface area contributed by atoms with Gasteiger partial charge in [-0.15, -0.1) is 0 Å². The number of carbonyl (C=O) groups is 1. The molecular weight excluding hydrogens is 222 g/mol. The van der Waals surface area contributed by atoms with Crippen LogP contribution in [-0.4, -0.2) is 39.2 Å². The summed E-state index contributed by atoms with van der Waals surface area (Å²) in [5.41, 5.74) is 0. The number of hydrogen-bond acceptors (Lipinski definition) is 5. The van der Waals surface area contributed by atoms with E-state index in [1.54, 1.807) is 0 Å². The molecule has 2 rings (SSSR count). The number of hydrogen-bond donors (Lipinski definition) is 1. The van der Waals surface area contributed by atoms with Gasteiger partial charge in [-0.25, -0.2) is 0 Å². The van der Waals surface area contributed by atoms with E-state index in [9.17, 15) is 4.79 Å². The first kappa shape index (κ1) is 12.0. The van der Waals surface area contributed by atoms with E-state index in [-0.39, 0.29) is 5.92 Å². The molecule has 0 spiro atoms. The Bertz CT molecular complexity index is 391. The van der Waals surface area contributed by atoms with Crippen LogP contribution in [0.15, 0.2) is 4.52 Å². The lowest BCUT2D eigenvalue weighted by Gasteiger charge is -2.11. The molecule has 1 aromatic rings. The molecule has 1 fully saturated rings. The monoisotopic (exact) mass is 239 g/mol. The average Bonchev–Trinajstić information content (AvgIpc) is 2.89. The van der Waals surface area contributed by atoms with Crippen LogP contribution < -0.4 is 0 Å². The van der Waals surface area contributed by atoms with E-state index in [0.717, 1.165) is 19.4 Å². The second-order valence-electron chi connectivity index (χ2n) is 4.41. The maximum Gasteiger partial charge on any atom is 0.307 e. The van der Waals surface area contributed by atoms with Crippen LogP contribution >= 0.6 is 0 Å². The van der Waals surface area contributed by atoms with Crippen LogP contribution in [0.4, 0.5) is 0 Å². The lowest BCUT2D eigenvalue weighted by molar-refractivity contribution is -0.141. The average molecular weight is 239 g/mol. The largest absolute Gasteiger partial charge is 0.481 e. The Kier molecular flexibility index (Phi) is 3.73. The molecule has 1 unspecified atom stereocenters. The van der Waals surface area contributed by atoms with Crippen molar-refractivity contribution in [3.05, 3.63) is 11.7 Å². The highest BCUT2D eigenvalue weighted by Gasteiger charge is 2.28. The van der Waals surface area contributed by atoms with Crippen molar-refractivity contribution >= 4 is 5.97 Å². The molecule has 0 aromatic carbocycles. The predicted octanol–water partition coefficient (Wildman–Crippen LogP) is 0.929. The molecule has 0 saturated carbocycles. The molecule has 6 nitrogen and oxygen atoms in total. The summed E-state index contributed by atoms with van der Waals surface area (Å²) in [5.74, 6) is 0.347. The third kappa shape index (κ3) is 3.03. The van der Waals surface area contributed by atoms with Crippen LogP contribution in [0, 0.1) is 5.92 Å². The molecule has 17 heavy (non-hydrogen) atoms. The Labute approximate surface area is 99.6 Å². The SMILES string of the molecule is CCCc1nc(CN2CCC(C(=O)O)C2)no1. The van der Waals surface area contributed by atoms with Gasteiger partial charge in [0.25, 0.3) is 0 Å². The standard InChI is InChI=1S/C11H17N3O3/c1-2-3-10-12-9(13-17-10)7-14-5-4-8(6-14)11(15)16/h8H,2-7H2,1H3,(H,15,16). The highest BCUT2D eigenvalue weighted by Crippen LogP contribution is 2.17. The van der Waals surface area contributed by atoms with Gasteiger partial charge in [0, 0.05) is 13.0 Å². The number of aromatic nitrogens is 2. The van der Waals surface area contributed by atoms with E-state index in [1.807, 2.05) is 0 Å². The Balaban J connectivity index is 1.86. The Hall–Kier alpha value is -1.43. The van der Waals surface area contributed by atoms with Crippen LogP contribution in [0.1, 0.15) is 31.5 Å². The summed E-state index contributed by atoms with van der Waals surface area (Å²) >= 11 is 0. The molecule has 1 aliphatic rings. The molecule has 1 aromatic heterocycles. The summed E-state index contributed by atoms with van der Waals surface area (Å²) in [6.45, 7) is 4.00. The normalized spacial score (nSPS) is 20.9. The van der Waals surface area contributed by atoms with E-state index in [0.29, 0.717) is 31.2 Å². The number of carboxylic acid groups (broad SMARTS) is 1. The summed E-state index contributed by atoms with van der Waals surface area (Å²) in [7, 11) is 0. The number of rotatable bonds is 5. The van der Waals surface area contributed by atoms with Gasteiger partial charge in [-0.1, -0.05) is 12.1 Å². The summed E-state index contributed by atoms with van der Waals surface area (Å²) in [6.07, 6.45) is 2.48. The van der Waals surface area contributed by atoms with Gasteiger partial charge in [-0.3, -0.25) is 9.69 Å². The zero-order valence-corrected chi connectivity index (χ0v) is 9.93. The van der Waals surface area contributed by atoms with E-state index < -0.39 is 5.97 Å². The Morgan fingerprint density at radius 3 is 3.12 bits per heavy atom. The molecule has 1 N–H and O–H groups in total. The zero-order valence-electron chi connectivity index (χ0n) is 9.93. The van der Waals surface area contributed by atoms with Crippen molar-refractivity contribution in [3.8, 4) is 0 Å². The second kappa shape index (κ2) is 5.27. The molecular formula is C11H17N3O3. The van der Waals surface area contributed by atoms with Crippen molar-refractivity contribution in [1.82, 2.24) is 15.0 Å². The molecule has 0 aliphatic carbocycles. The van der Waals surface area contributed by atoms with Gasteiger partial charge >= 0.3 is 5.97 Å². The number of likely N-dealkylation sites (tertiary alicyclic amines) is 1. The minimum Gasteiger partial charge on any atom is -0.481 e. The highest BCUT2D eigenvalue weighted by atomic mass is 16.5. The van der Waals surface area contributed by atoms with Gasteiger partial charge in [0.05, 0.1) is 12.5 Å². The Morgan fingerprint density at radius 2 is 2.47 bits per heavy atom. The quantitative estimate of drug-likeness (QED) is 0.823. The molecule has 1 aliphatic heterocycles. The highest BCUT2D eigenvalue weighted by molar-refractivity contribution is 5.70. The zero-order chi connectivity index (χ0) is 12.3. The Morgan fingerprint density at radius 1 is 1.65 bits per heavy atom. The predicted molar refractivity (Wildman–Crippen MR) is 59.3 cm³/mol. The number of aliphatic carboxylic acids is 1. The lowest BCUT2D eigenvalue weighted by atomic mass is 10.1. The topological polar surface area (TPSA) is 79.5 Å². The fourth-order valence-corrected chi connectivity index (χ4v) is 2.05. The van der Waals surface area contributed by atoms with Crippen molar-refractivity contribution in [2.75, 3.05) is 13.1 Å². The van der Waals surface area contributed by atoms with Crippen molar-refractivity contribution < 1.29 is 14.4 Å². The third-order valence-electron chi connectivity index (χ3n) is 2.96. The summed E-state index contributed by atoms with van der Waals surface area (Å²) in [5, 5.41) is 12.8. The van der Waals surface area contributed by atoms with Crippen LogP contribution in [0.2, 0.25) is 0 Å². The van der Waals surface area contributed by atoms with E-state index >= 15 is 0 Å². The van der Waals surface area contributed by atoms with Crippen molar-refractivity contribution in [2.24, 2.45) is 5.92 Å². The molecule has 1 atom stereocenters. The third-order valence-corrected chi connectivity index (χ3v) is 2.96. The summed E-state index contributed by atoms with van der Waals surface area (Å²) in [6, 6.07) is 0. The van der Waals surface area contributed by atoms with Crippen LogP contribution in [0.5, 0.6) is 0 Å². The number of aryl methyl sites for hydroxylation is 1. The van der Waals surface area contributed by atoms with E-state index in [1.165, 1.54) is 0 Å². The van der Waals surface area contributed by atoms with Crippen molar-refractivity contribution in [2.45, 2.75) is 32.7 Å².